The summed E-state index contributed by atoms with van der Waals surface area (Å²) in [4.78, 5) is 16.2. The minimum absolute atomic E-state index is 0.0371. The van der Waals surface area contributed by atoms with Crippen LogP contribution in [0.4, 0.5) is 0 Å². The molecule has 1 amide bonds. The number of nitrogens with zero attached hydrogens (tertiary/aromatic N) is 1. The number of carbonyl (C=O) groups excluding carboxylic acids is 1. The maximum absolute atomic E-state index is 11.9. The summed E-state index contributed by atoms with van der Waals surface area (Å²) < 4.78 is 11.6. The largest absolute Gasteiger partial charge is 0.483 e. The van der Waals surface area contributed by atoms with Crippen molar-refractivity contribution in [2.45, 2.75) is 39.3 Å². The van der Waals surface area contributed by atoms with Crippen molar-refractivity contribution in [1.82, 2.24) is 10.3 Å². The van der Waals surface area contributed by atoms with Gasteiger partial charge in [-0.3, -0.25) is 4.79 Å². The molecule has 2 aromatic rings. The van der Waals surface area contributed by atoms with Crippen molar-refractivity contribution >= 4 is 17.2 Å². The molecule has 1 aromatic carbocycles. The van der Waals surface area contributed by atoms with Gasteiger partial charge in [0.25, 0.3) is 5.91 Å². The third-order valence-corrected chi connectivity index (χ3v) is 4.48. The Bertz CT molecular complexity index is 724. The zero-order valence-corrected chi connectivity index (χ0v) is 14.3. The number of aromatic nitrogens is 1. The van der Waals surface area contributed by atoms with Gasteiger partial charge in [-0.15, -0.1) is 11.3 Å². The molecule has 0 radical (unpaired) electrons. The van der Waals surface area contributed by atoms with Gasteiger partial charge in [0, 0.05) is 23.1 Å². The normalized spacial score (nSPS) is 14.9. The van der Waals surface area contributed by atoms with Crippen molar-refractivity contribution in [3.63, 3.8) is 0 Å². The summed E-state index contributed by atoms with van der Waals surface area (Å²) in [5.41, 5.74) is 1.86. The SMILES string of the molecule is Cc1csc(CNC(=O)COc2cccc3c2OC(C)(C)C3)n1. The van der Waals surface area contributed by atoms with Crippen LogP contribution in [-0.2, 0) is 17.8 Å². The molecule has 6 heteroatoms. The lowest BCUT2D eigenvalue weighted by Crippen LogP contribution is -2.28. The van der Waals surface area contributed by atoms with Crippen LogP contribution in [0.25, 0.3) is 0 Å². The van der Waals surface area contributed by atoms with Crippen LogP contribution in [0.15, 0.2) is 23.6 Å². The Kier molecular flexibility index (Phi) is 4.26. The number of ether oxygens (including phenoxy) is 2. The Balaban J connectivity index is 1.55. The van der Waals surface area contributed by atoms with Crippen LogP contribution >= 0.6 is 11.3 Å². The maximum atomic E-state index is 11.9. The van der Waals surface area contributed by atoms with E-state index in [1.54, 1.807) is 0 Å². The summed E-state index contributed by atoms with van der Waals surface area (Å²) in [6.07, 6.45) is 0.842. The number of aryl methyl sites for hydroxylation is 1. The van der Waals surface area contributed by atoms with Crippen LogP contribution in [0.3, 0.4) is 0 Å². The number of amides is 1. The fraction of sp³-hybridized carbons (Fsp3) is 0.412. The van der Waals surface area contributed by atoms with E-state index in [9.17, 15) is 4.79 Å². The molecule has 3 rings (SSSR count). The van der Waals surface area contributed by atoms with E-state index < -0.39 is 0 Å². The van der Waals surface area contributed by atoms with E-state index in [4.69, 9.17) is 9.47 Å². The molecule has 2 heterocycles. The molecule has 23 heavy (non-hydrogen) atoms. The predicted molar refractivity (Wildman–Crippen MR) is 89.0 cm³/mol. The van der Waals surface area contributed by atoms with E-state index in [1.807, 2.05) is 44.4 Å². The summed E-state index contributed by atoms with van der Waals surface area (Å²) in [7, 11) is 0. The standard InChI is InChI=1S/C17H20N2O3S/c1-11-10-23-15(19-11)8-18-14(20)9-21-13-6-4-5-12-7-17(2,3)22-16(12)13/h4-6,10H,7-9H2,1-3H3,(H,18,20). The molecule has 5 nitrogen and oxygen atoms in total. The van der Waals surface area contributed by atoms with E-state index in [2.05, 4.69) is 10.3 Å². The van der Waals surface area contributed by atoms with Gasteiger partial charge in [0.1, 0.15) is 10.6 Å². The van der Waals surface area contributed by atoms with Crippen molar-refractivity contribution in [3.05, 3.63) is 39.8 Å². The smallest absolute Gasteiger partial charge is 0.258 e. The van der Waals surface area contributed by atoms with Crippen molar-refractivity contribution in [2.75, 3.05) is 6.61 Å². The summed E-state index contributed by atoms with van der Waals surface area (Å²) in [5, 5.41) is 5.66. The third kappa shape index (κ3) is 3.82. The molecule has 1 aromatic heterocycles. The molecule has 0 bridgehead atoms. The summed E-state index contributed by atoms with van der Waals surface area (Å²) in [6.45, 7) is 6.41. The number of fused-ring (bicyclic) bond motifs is 1. The average Bonchev–Trinajstić information content (AvgIpc) is 3.04. The van der Waals surface area contributed by atoms with Crippen LogP contribution in [-0.4, -0.2) is 23.1 Å². The Morgan fingerprint density at radius 2 is 2.30 bits per heavy atom. The van der Waals surface area contributed by atoms with Crippen molar-refractivity contribution in [2.24, 2.45) is 0 Å². The lowest BCUT2D eigenvalue weighted by atomic mass is 10.0. The zero-order chi connectivity index (χ0) is 16.4. The number of thiazole rings is 1. The van der Waals surface area contributed by atoms with E-state index in [0.29, 0.717) is 12.3 Å². The van der Waals surface area contributed by atoms with Crippen molar-refractivity contribution in [3.8, 4) is 11.5 Å². The lowest BCUT2D eigenvalue weighted by molar-refractivity contribution is -0.123. The second-order valence-corrected chi connectivity index (χ2v) is 7.17. The summed E-state index contributed by atoms with van der Waals surface area (Å²) in [6, 6.07) is 5.79. The van der Waals surface area contributed by atoms with Gasteiger partial charge in [-0.1, -0.05) is 12.1 Å². The number of carbonyl (C=O) groups is 1. The first-order chi connectivity index (χ1) is 10.9. The van der Waals surface area contributed by atoms with E-state index >= 15 is 0 Å². The van der Waals surface area contributed by atoms with Gasteiger partial charge in [-0.05, 0) is 26.8 Å². The van der Waals surface area contributed by atoms with Gasteiger partial charge in [0.05, 0.1) is 6.54 Å². The highest BCUT2D eigenvalue weighted by molar-refractivity contribution is 7.09. The molecule has 1 aliphatic heterocycles. The van der Waals surface area contributed by atoms with Crippen LogP contribution in [0.2, 0.25) is 0 Å². The third-order valence-electron chi connectivity index (χ3n) is 3.52. The van der Waals surface area contributed by atoms with Gasteiger partial charge in [0.15, 0.2) is 18.1 Å². The summed E-state index contributed by atoms with van der Waals surface area (Å²) >= 11 is 1.54. The summed E-state index contributed by atoms with van der Waals surface area (Å²) in [5.74, 6) is 1.20. The highest BCUT2D eigenvalue weighted by Gasteiger charge is 2.32. The number of rotatable bonds is 5. The first-order valence-corrected chi connectivity index (χ1v) is 8.42. The highest BCUT2D eigenvalue weighted by Crippen LogP contribution is 2.41. The Hall–Kier alpha value is -2.08. The van der Waals surface area contributed by atoms with E-state index in [-0.39, 0.29) is 18.1 Å². The van der Waals surface area contributed by atoms with Gasteiger partial charge < -0.3 is 14.8 Å². The van der Waals surface area contributed by atoms with Crippen LogP contribution < -0.4 is 14.8 Å². The first kappa shape index (κ1) is 15.8. The number of hydrogen-bond acceptors (Lipinski definition) is 5. The monoisotopic (exact) mass is 332 g/mol. The minimum atomic E-state index is -0.229. The number of para-hydroxylation sites is 1. The Labute approximate surface area is 139 Å². The molecule has 0 atom stereocenters. The molecule has 0 unspecified atom stereocenters. The van der Waals surface area contributed by atoms with Gasteiger partial charge in [-0.2, -0.15) is 0 Å². The molecular weight excluding hydrogens is 312 g/mol. The Morgan fingerprint density at radius 3 is 3.04 bits per heavy atom. The van der Waals surface area contributed by atoms with Gasteiger partial charge in [-0.25, -0.2) is 4.98 Å². The van der Waals surface area contributed by atoms with Gasteiger partial charge in [0.2, 0.25) is 0 Å². The molecule has 122 valence electrons. The van der Waals surface area contributed by atoms with Crippen molar-refractivity contribution < 1.29 is 14.3 Å². The van der Waals surface area contributed by atoms with Crippen LogP contribution in [0, 0.1) is 6.92 Å². The highest BCUT2D eigenvalue weighted by atomic mass is 32.1. The zero-order valence-electron chi connectivity index (χ0n) is 13.5. The molecule has 0 spiro atoms. The molecule has 0 aliphatic carbocycles. The quantitative estimate of drug-likeness (QED) is 0.914. The number of nitrogens with one attached hydrogen (secondary N) is 1. The fourth-order valence-electron chi connectivity index (χ4n) is 2.55. The maximum Gasteiger partial charge on any atom is 0.258 e. The van der Waals surface area contributed by atoms with Crippen LogP contribution in [0.5, 0.6) is 11.5 Å². The molecule has 0 saturated heterocycles. The average molecular weight is 332 g/mol. The van der Waals surface area contributed by atoms with Crippen molar-refractivity contribution in [1.29, 1.82) is 0 Å². The topological polar surface area (TPSA) is 60.5 Å². The predicted octanol–water partition coefficient (Wildman–Crippen LogP) is 2.86. The number of hydrogen-bond donors (Lipinski definition) is 1. The molecule has 1 N–H and O–H groups in total. The molecular formula is C17H20N2O3S. The van der Waals surface area contributed by atoms with E-state index in [0.717, 1.165) is 28.4 Å². The fourth-order valence-corrected chi connectivity index (χ4v) is 3.26. The van der Waals surface area contributed by atoms with E-state index in [1.165, 1.54) is 11.3 Å². The minimum Gasteiger partial charge on any atom is -0.483 e. The second-order valence-electron chi connectivity index (χ2n) is 6.23. The number of benzene rings is 1. The second kappa shape index (κ2) is 6.20. The first-order valence-electron chi connectivity index (χ1n) is 7.54. The van der Waals surface area contributed by atoms with Crippen LogP contribution in [0.1, 0.15) is 30.1 Å². The van der Waals surface area contributed by atoms with Gasteiger partial charge >= 0.3 is 0 Å². The molecule has 1 aliphatic rings. The lowest BCUT2D eigenvalue weighted by Gasteiger charge is -2.18. The molecule has 0 fully saturated rings. The Morgan fingerprint density at radius 1 is 1.48 bits per heavy atom. The molecule has 0 saturated carbocycles.